The van der Waals surface area contributed by atoms with Crippen LogP contribution < -0.4 is 11.7 Å². The Bertz CT molecular complexity index is 385. The smallest absolute Gasteiger partial charge is 0.173 e. The molecular formula is C8H10IN4OP. The lowest BCUT2D eigenvalue weighted by molar-refractivity contribution is 0.112. The number of hydrazone groups is 1. The van der Waals surface area contributed by atoms with Crippen LogP contribution in [0.15, 0.2) is 29.4 Å². The fourth-order valence-electron chi connectivity index (χ4n) is 1.07. The SMILES string of the molecule is N/N=C(/c1cccc(C=O)c1)N(N)PI. The second kappa shape index (κ2) is 5.99. The summed E-state index contributed by atoms with van der Waals surface area (Å²) >= 11 is 2.12. The van der Waals surface area contributed by atoms with Gasteiger partial charge in [0.05, 0.1) is 6.37 Å². The van der Waals surface area contributed by atoms with Crippen molar-refractivity contribution < 1.29 is 4.79 Å². The quantitative estimate of drug-likeness (QED) is 0.165. The van der Waals surface area contributed by atoms with Gasteiger partial charge < -0.3 is 5.84 Å². The summed E-state index contributed by atoms with van der Waals surface area (Å²) in [6.45, 7) is 0. The molecule has 5 nitrogen and oxygen atoms in total. The van der Waals surface area contributed by atoms with E-state index in [1.807, 2.05) is 0 Å². The molecule has 0 saturated carbocycles. The molecule has 0 amide bonds. The van der Waals surface area contributed by atoms with Crippen LogP contribution in [-0.4, -0.2) is 16.9 Å². The average molecular weight is 336 g/mol. The number of halogens is 1. The Balaban J connectivity index is 3.07. The highest BCUT2D eigenvalue weighted by molar-refractivity contribution is 14.2. The summed E-state index contributed by atoms with van der Waals surface area (Å²) in [6, 6.07) is 6.96. The van der Waals surface area contributed by atoms with E-state index < -0.39 is 0 Å². The first-order chi connectivity index (χ1) is 7.22. The van der Waals surface area contributed by atoms with E-state index in [0.29, 0.717) is 17.8 Å². The van der Waals surface area contributed by atoms with E-state index in [2.05, 4.69) is 27.1 Å². The number of hydrazine groups is 1. The Labute approximate surface area is 102 Å². The van der Waals surface area contributed by atoms with Gasteiger partial charge in [0.15, 0.2) is 5.84 Å². The molecule has 4 N–H and O–H groups in total. The fourth-order valence-corrected chi connectivity index (χ4v) is 2.02. The molecule has 0 aliphatic rings. The molecule has 0 heterocycles. The number of hydrogen-bond acceptors (Lipinski definition) is 4. The van der Waals surface area contributed by atoms with Gasteiger partial charge in [-0.25, -0.2) is 5.84 Å². The van der Waals surface area contributed by atoms with Gasteiger partial charge in [-0.3, -0.25) is 9.57 Å². The van der Waals surface area contributed by atoms with Crippen molar-refractivity contribution in [2.45, 2.75) is 0 Å². The topological polar surface area (TPSA) is 84.7 Å². The van der Waals surface area contributed by atoms with Crippen molar-refractivity contribution in [2.24, 2.45) is 16.8 Å². The van der Waals surface area contributed by atoms with Crippen molar-refractivity contribution in [3.63, 3.8) is 0 Å². The van der Waals surface area contributed by atoms with Gasteiger partial charge >= 0.3 is 0 Å². The Morgan fingerprint density at radius 2 is 2.33 bits per heavy atom. The molecular weight excluding hydrogens is 326 g/mol. The predicted octanol–water partition coefficient (Wildman–Crippen LogP) is 1.24. The molecule has 1 unspecified atom stereocenters. The average Bonchev–Trinajstić information content (AvgIpc) is 2.30. The summed E-state index contributed by atoms with van der Waals surface area (Å²) in [6.07, 6.45) is 1.09. The first-order valence-corrected chi connectivity index (χ1v) is 8.03. The molecule has 0 aliphatic heterocycles. The molecule has 1 rings (SSSR count). The number of nitrogens with zero attached hydrogens (tertiary/aromatic N) is 2. The van der Waals surface area contributed by atoms with Crippen molar-refractivity contribution in [3.05, 3.63) is 35.4 Å². The minimum atomic E-state index is 0.324. The Hall–Kier alpha value is -0.720. The molecule has 0 aromatic heterocycles. The molecule has 1 aromatic carbocycles. The highest BCUT2D eigenvalue weighted by Crippen LogP contribution is 2.25. The number of amidine groups is 1. The maximum absolute atomic E-state index is 10.6. The van der Waals surface area contributed by atoms with Crippen LogP contribution in [0.5, 0.6) is 0 Å². The van der Waals surface area contributed by atoms with Gasteiger partial charge in [-0.15, -0.1) is 0 Å². The van der Waals surface area contributed by atoms with Gasteiger partial charge in [0, 0.05) is 11.1 Å². The number of carbonyl (C=O) groups is 1. The van der Waals surface area contributed by atoms with E-state index in [1.165, 1.54) is 4.78 Å². The van der Waals surface area contributed by atoms with Gasteiger partial charge in [0.2, 0.25) is 0 Å². The van der Waals surface area contributed by atoms with Crippen LogP contribution in [0.3, 0.4) is 0 Å². The number of hydrogen-bond donors (Lipinski definition) is 2. The van der Waals surface area contributed by atoms with Crippen molar-refractivity contribution in [2.75, 3.05) is 0 Å². The van der Waals surface area contributed by atoms with Gasteiger partial charge in [-0.05, 0) is 28.1 Å². The zero-order valence-corrected chi connectivity index (χ0v) is 10.9. The lowest BCUT2D eigenvalue weighted by atomic mass is 10.1. The summed E-state index contributed by atoms with van der Waals surface area (Å²) in [5.41, 5.74) is 1.30. The lowest BCUT2D eigenvalue weighted by Crippen LogP contribution is -2.30. The van der Waals surface area contributed by atoms with Crippen molar-refractivity contribution in [1.29, 1.82) is 0 Å². The van der Waals surface area contributed by atoms with Crippen LogP contribution in [-0.2, 0) is 0 Å². The lowest BCUT2D eigenvalue weighted by Gasteiger charge is -2.16. The first kappa shape index (κ1) is 12.4. The normalized spacial score (nSPS) is 12.0. The van der Waals surface area contributed by atoms with Gasteiger partial charge in [-0.2, -0.15) is 5.10 Å². The molecule has 0 radical (unpaired) electrons. The molecule has 0 spiro atoms. The second-order valence-electron chi connectivity index (χ2n) is 2.65. The van der Waals surface area contributed by atoms with E-state index in [9.17, 15) is 4.79 Å². The van der Waals surface area contributed by atoms with Crippen molar-refractivity contribution in [1.82, 2.24) is 4.78 Å². The zero-order valence-electron chi connectivity index (χ0n) is 7.72. The van der Waals surface area contributed by atoms with E-state index in [1.54, 1.807) is 24.3 Å². The summed E-state index contributed by atoms with van der Waals surface area (Å²) in [4.78, 5) is 10.6. The van der Waals surface area contributed by atoms with Gasteiger partial charge in [0.25, 0.3) is 0 Å². The molecule has 0 aliphatic carbocycles. The molecule has 0 bridgehead atoms. The van der Waals surface area contributed by atoms with Gasteiger partial charge in [-0.1, -0.05) is 18.2 Å². The van der Waals surface area contributed by atoms with E-state index in [4.69, 9.17) is 11.7 Å². The molecule has 80 valence electrons. The summed E-state index contributed by atoms with van der Waals surface area (Å²) in [5.74, 6) is 11.4. The number of carbonyl (C=O) groups excluding carboxylic acids is 1. The van der Waals surface area contributed by atoms with Crippen LogP contribution in [0.2, 0.25) is 0 Å². The highest BCUT2D eigenvalue weighted by Gasteiger charge is 2.09. The number of nitrogens with two attached hydrogens (primary N) is 2. The zero-order chi connectivity index (χ0) is 11.3. The van der Waals surface area contributed by atoms with E-state index in [-0.39, 0.29) is 0 Å². The summed E-state index contributed by atoms with van der Waals surface area (Å²) < 4.78 is 1.43. The Morgan fingerprint density at radius 1 is 1.60 bits per heavy atom. The highest BCUT2D eigenvalue weighted by atomic mass is 127. The van der Waals surface area contributed by atoms with Crippen LogP contribution in [0.4, 0.5) is 0 Å². The van der Waals surface area contributed by atoms with E-state index >= 15 is 0 Å². The van der Waals surface area contributed by atoms with Crippen molar-refractivity contribution in [3.8, 4) is 0 Å². The Kier molecular flexibility index (Phi) is 4.93. The number of benzene rings is 1. The predicted molar refractivity (Wildman–Crippen MR) is 70.9 cm³/mol. The minimum absolute atomic E-state index is 0.324. The fraction of sp³-hybridized carbons (Fsp3) is 0. The molecule has 1 atom stereocenters. The third-order valence-corrected chi connectivity index (χ3v) is 3.68. The van der Waals surface area contributed by atoms with Crippen LogP contribution >= 0.6 is 28.4 Å². The third kappa shape index (κ3) is 3.12. The van der Waals surface area contributed by atoms with Crippen molar-refractivity contribution >= 4 is 40.5 Å². The first-order valence-electron chi connectivity index (χ1n) is 3.97. The monoisotopic (exact) mass is 336 g/mol. The molecule has 0 saturated heterocycles. The van der Waals surface area contributed by atoms with Gasteiger partial charge in [0.1, 0.15) is 6.29 Å². The van der Waals surface area contributed by atoms with E-state index in [0.717, 1.165) is 11.8 Å². The van der Waals surface area contributed by atoms with Crippen LogP contribution in [0, 0.1) is 0 Å². The standard InChI is InChI=1S/C8H10IN4OP/c9-15-13(11)8(12-10)7-3-1-2-6(4-7)5-14/h1-5,15H,10-11H2/b12-8-. The molecule has 1 aromatic rings. The largest absolute Gasteiger partial charge is 0.321 e. The Morgan fingerprint density at radius 3 is 2.87 bits per heavy atom. The summed E-state index contributed by atoms with van der Waals surface area (Å²) in [7, 11) is 0. The minimum Gasteiger partial charge on any atom is -0.321 e. The summed E-state index contributed by atoms with van der Waals surface area (Å²) in [5, 5.41) is 3.61. The van der Waals surface area contributed by atoms with Crippen LogP contribution in [0.1, 0.15) is 15.9 Å². The molecule has 15 heavy (non-hydrogen) atoms. The number of rotatable bonds is 3. The van der Waals surface area contributed by atoms with Crippen LogP contribution in [0.25, 0.3) is 0 Å². The maximum atomic E-state index is 10.6. The number of aldehydes is 1. The molecule has 7 heteroatoms. The maximum Gasteiger partial charge on any atom is 0.173 e. The third-order valence-electron chi connectivity index (χ3n) is 1.72. The molecule has 0 fully saturated rings. The second-order valence-corrected chi connectivity index (χ2v) is 4.75.